The third kappa shape index (κ3) is 4.21. The average Bonchev–Trinajstić information content (AvgIpc) is 3.37. The van der Waals surface area contributed by atoms with E-state index in [1.54, 1.807) is 12.0 Å². The highest BCUT2D eigenvalue weighted by atomic mass is 16.5. The minimum absolute atomic E-state index is 0.180. The number of nitrogens with zero attached hydrogens (tertiary/aromatic N) is 2. The standard InChI is InChI=1S/C20H27N3O5/c1-28-17-9-3-2-6-14(17)10-11-21-18(24)15-7-4-12-22(15)19(25)16-8-5-13-23(16)20(26)27/h2-3,6,9,15-16H,4-5,7-8,10-13H2,1H3,(H,21,24)(H,26,27)/t15-,16?/m0/s1. The number of hydrogen-bond acceptors (Lipinski definition) is 4. The van der Waals surface area contributed by atoms with Crippen molar-refractivity contribution in [2.45, 2.75) is 44.2 Å². The summed E-state index contributed by atoms with van der Waals surface area (Å²) >= 11 is 0. The van der Waals surface area contributed by atoms with Crippen molar-refractivity contribution in [3.8, 4) is 5.75 Å². The second-order valence-corrected chi connectivity index (χ2v) is 7.18. The van der Waals surface area contributed by atoms with Crippen molar-refractivity contribution in [3.63, 3.8) is 0 Å². The monoisotopic (exact) mass is 389 g/mol. The van der Waals surface area contributed by atoms with Crippen LogP contribution >= 0.6 is 0 Å². The molecule has 0 spiro atoms. The molecule has 0 bridgehead atoms. The van der Waals surface area contributed by atoms with E-state index in [1.807, 2.05) is 24.3 Å². The van der Waals surface area contributed by atoms with E-state index >= 15 is 0 Å². The lowest BCUT2D eigenvalue weighted by Crippen LogP contribution is -2.52. The smallest absolute Gasteiger partial charge is 0.407 e. The van der Waals surface area contributed by atoms with Crippen LogP contribution in [0.4, 0.5) is 4.79 Å². The van der Waals surface area contributed by atoms with Gasteiger partial charge < -0.3 is 20.1 Å². The lowest BCUT2D eigenvalue weighted by atomic mass is 10.1. The maximum Gasteiger partial charge on any atom is 0.407 e. The summed E-state index contributed by atoms with van der Waals surface area (Å²) in [6.07, 6.45) is 2.09. The molecule has 0 radical (unpaired) electrons. The highest BCUT2D eigenvalue weighted by Crippen LogP contribution is 2.25. The third-order valence-electron chi connectivity index (χ3n) is 5.51. The Kier molecular flexibility index (Phi) is 6.38. The molecule has 0 aliphatic carbocycles. The SMILES string of the molecule is COc1ccccc1CCNC(=O)[C@@H]1CCCN1C(=O)C1CCCN1C(=O)O. The molecule has 152 valence electrons. The predicted octanol–water partition coefficient (Wildman–Crippen LogP) is 1.49. The van der Waals surface area contributed by atoms with E-state index in [0.29, 0.717) is 45.3 Å². The van der Waals surface area contributed by atoms with Gasteiger partial charge in [0, 0.05) is 19.6 Å². The molecule has 2 heterocycles. The van der Waals surface area contributed by atoms with Gasteiger partial charge in [-0.3, -0.25) is 14.5 Å². The van der Waals surface area contributed by atoms with Gasteiger partial charge in [-0.15, -0.1) is 0 Å². The lowest BCUT2D eigenvalue weighted by molar-refractivity contribution is -0.141. The van der Waals surface area contributed by atoms with Crippen LogP contribution in [0.5, 0.6) is 5.75 Å². The molecule has 3 amide bonds. The van der Waals surface area contributed by atoms with Crippen LogP contribution in [-0.4, -0.2) is 71.6 Å². The molecule has 2 atom stereocenters. The van der Waals surface area contributed by atoms with Crippen molar-refractivity contribution in [2.75, 3.05) is 26.7 Å². The topological polar surface area (TPSA) is 99.2 Å². The Morgan fingerprint density at radius 2 is 1.79 bits per heavy atom. The Labute approximate surface area is 164 Å². The molecular formula is C20H27N3O5. The molecule has 0 aromatic heterocycles. The number of rotatable bonds is 6. The summed E-state index contributed by atoms with van der Waals surface area (Å²) in [6.45, 7) is 1.31. The fraction of sp³-hybridized carbons (Fsp3) is 0.550. The quantitative estimate of drug-likeness (QED) is 0.768. The van der Waals surface area contributed by atoms with Crippen LogP contribution in [0.25, 0.3) is 0 Å². The summed E-state index contributed by atoms with van der Waals surface area (Å²) in [6, 6.07) is 6.46. The molecule has 0 saturated carbocycles. The summed E-state index contributed by atoms with van der Waals surface area (Å²) < 4.78 is 5.32. The van der Waals surface area contributed by atoms with Gasteiger partial charge in [0.15, 0.2) is 0 Å². The summed E-state index contributed by atoms with van der Waals surface area (Å²) in [4.78, 5) is 39.6. The van der Waals surface area contributed by atoms with Gasteiger partial charge >= 0.3 is 6.09 Å². The maximum atomic E-state index is 12.9. The number of nitrogens with one attached hydrogen (secondary N) is 1. The molecule has 8 nitrogen and oxygen atoms in total. The zero-order valence-corrected chi connectivity index (χ0v) is 16.1. The molecular weight excluding hydrogens is 362 g/mol. The first-order valence-electron chi connectivity index (χ1n) is 9.72. The van der Waals surface area contributed by atoms with Crippen LogP contribution < -0.4 is 10.1 Å². The minimum atomic E-state index is -1.08. The molecule has 28 heavy (non-hydrogen) atoms. The highest BCUT2D eigenvalue weighted by molar-refractivity contribution is 5.92. The summed E-state index contributed by atoms with van der Waals surface area (Å²) in [5.41, 5.74) is 1.01. The van der Waals surface area contributed by atoms with Gasteiger partial charge in [0.25, 0.3) is 0 Å². The maximum absolute atomic E-state index is 12.9. The second-order valence-electron chi connectivity index (χ2n) is 7.18. The minimum Gasteiger partial charge on any atom is -0.496 e. The van der Waals surface area contributed by atoms with Crippen LogP contribution in [0.3, 0.4) is 0 Å². The summed E-state index contributed by atoms with van der Waals surface area (Å²) in [5, 5.41) is 12.2. The normalized spacial score (nSPS) is 21.6. The number of likely N-dealkylation sites (tertiary alicyclic amines) is 2. The first-order valence-corrected chi connectivity index (χ1v) is 9.72. The van der Waals surface area contributed by atoms with E-state index in [4.69, 9.17) is 4.74 Å². The van der Waals surface area contributed by atoms with Crippen LogP contribution in [-0.2, 0) is 16.0 Å². The van der Waals surface area contributed by atoms with Crippen LogP contribution in [0.15, 0.2) is 24.3 Å². The molecule has 2 saturated heterocycles. The number of benzene rings is 1. The van der Waals surface area contributed by atoms with Crippen molar-refractivity contribution in [1.29, 1.82) is 0 Å². The van der Waals surface area contributed by atoms with Gasteiger partial charge in [0.1, 0.15) is 17.8 Å². The largest absolute Gasteiger partial charge is 0.496 e. The molecule has 1 aromatic carbocycles. The fourth-order valence-corrected chi connectivity index (χ4v) is 4.09. The van der Waals surface area contributed by atoms with Crippen molar-refractivity contribution in [3.05, 3.63) is 29.8 Å². The Morgan fingerprint density at radius 3 is 2.50 bits per heavy atom. The van der Waals surface area contributed by atoms with Gasteiger partial charge in [0.05, 0.1) is 7.11 Å². The zero-order valence-electron chi connectivity index (χ0n) is 16.1. The Bertz CT molecular complexity index is 738. The van der Waals surface area contributed by atoms with Gasteiger partial charge in [-0.2, -0.15) is 0 Å². The Hall–Kier alpha value is -2.77. The number of hydrogen-bond donors (Lipinski definition) is 2. The fourth-order valence-electron chi connectivity index (χ4n) is 4.09. The molecule has 1 aromatic rings. The predicted molar refractivity (Wildman–Crippen MR) is 102 cm³/mol. The van der Waals surface area contributed by atoms with Crippen LogP contribution in [0.1, 0.15) is 31.2 Å². The number of carbonyl (C=O) groups excluding carboxylic acids is 2. The van der Waals surface area contributed by atoms with Gasteiger partial charge in [-0.1, -0.05) is 18.2 Å². The third-order valence-corrected chi connectivity index (χ3v) is 5.51. The van der Waals surface area contributed by atoms with E-state index < -0.39 is 18.2 Å². The van der Waals surface area contributed by atoms with E-state index in [2.05, 4.69) is 5.32 Å². The molecule has 1 unspecified atom stereocenters. The molecule has 2 aliphatic heterocycles. The zero-order chi connectivity index (χ0) is 20.1. The number of carbonyl (C=O) groups is 3. The molecule has 3 rings (SSSR count). The van der Waals surface area contributed by atoms with Gasteiger partial charge in [0.2, 0.25) is 11.8 Å². The average molecular weight is 389 g/mol. The van der Waals surface area contributed by atoms with Gasteiger partial charge in [-0.05, 0) is 43.7 Å². The van der Waals surface area contributed by atoms with Crippen molar-refractivity contribution in [2.24, 2.45) is 0 Å². The van der Waals surface area contributed by atoms with Crippen molar-refractivity contribution in [1.82, 2.24) is 15.1 Å². The van der Waals surface area contributed by atoms with Crippen LogP contribution in [0, 0.1) is 0 Å². The van der Waals surface area contributed by atoms with Crippen LogP contribution in [0.2, 0.25) is 0 Å². The molecule has 8 heteroatoms. The highest BCUT2D eigenvalue weighted by Gasteiger charge is 2.42. The Morgan fingerprint density at radius 1 is 1.11 bits per heavy atom. The molecule has 2 N–H and O–H groups in total. The van der Waals surface area contributed by atoms with Crippen molar-refractivity contribution < 1.29 is 24.2 Å². The summed E-state index contributed by atoms with van der Waals surface area (Å²) in [7, 11) is 1.61. The number of ether oxygens (including phenoxy) is 1. The van der Waals surface area contributed by atoms with Gasteiger partial charge in [-0.25, -0.2) is 4.79 Å². The number of methoxy groups -OCH3 is 1. The molecule has 2 aliphatic rings. The summed E-state index contributed by atoms with van der Waals surface area (Å²) in [5.74, 6) is 0.354. The van der Waals surface area contributed by atoms with Crippen molar-refractivity contribution >= 4 is 17.9 Å². The van der Waals surface area contributed by atoms with E-state index in [-0.39, 0.29) is 11.8 Å². The second kappa shape index (κ2) is 8.95. The first-order chi connectivity index (χ1) is 13.5. The van der Waals surface area contributed by atoms with E-state index in [0.717, 1.165) is 17.7 Å². The number of carboxylic acid groups (broad SMARTS) is 1. The van der Waals surface area contributed by atoms with E-state index in [1.165, 1.54) is 4.90 Å². The molecule has 2 fully saturated rings. The lowest BCUT2D eigenvalue weighted by Gasteiger charge is -2.29. The Balaban J connectivity index is 1.57. The number of amides is 3. The first kappa shape index (κ1) is 20.0. The number of para-hydroxylation sites is 1. The van der Waals surface area contributed by atoms with E-state index in [9.17, 15) is 19.5 Å².